The zero-order chi connectivity index (χ0) is 17.2. The minimum atomic E-state index is -3.48. The van der Waals surface area contributed by atoms with Crippen LogP contribution >= 0.6 is 0 Å². The molecule has 134 valence electrons. The van der Waals surface area contributed by atoms with Crippen molar-refractivity contribution in [3.63, 3.8) is 0 Å². The van der Waals surface area contributed by atoms with E-state index >= 15 is 0 Å². The van der Waals surface area contributed by atoms with Gasteiger partial charge in [0.15, 0.2) is 0 Å². The summed E-state index contributed by atoms with van der Waals surface area (Å²) in [5.74, 6) is 0.823. The molecule has 0 saturated carbocycles. The average Bonchev–Trinajstić information content (AvgIpc) is 2.62. The maximum atomic E-state index is 12.8. The molecule has 2 saturated heterocycles. The average molecular weight is 356 g/mol. The van der Waals surface area contributed by atoms with Crippen molar-refractivity contribution in [2.24, 2.45) is 0 Å². The Balaban J connectivity index is 1.75. The zero-order valence-corrected chi connectivity index (χ0v) is 14.9. The van der Waals surface area contributed by atoms with Gasteiger partial charge >= 0.3 is 0 Å². The number of anilines is 1. The lowest BCUT2D eigenvalue weighted by molar-refractivity contribution is -0.00839. The summed E-state index contributed by atoms with van der Waals surface area (Å²) in [4.78, 5) is 6.48. The predicted octanol–water partition coefficient (Wildman–Crippen LogP) is 0.0979. The van der Waals surface area contributed by atoms with Crippen LogP contribution in [0, 0.1) is 0 Å². The fraction of sp³-hybridized carbons (Fsp3) is 0.667. The van der Waals surface area contributed by atoms with Gasteiger partial charge < -0.3 is 14.4 Å². The highest BCUT2D eigenvalue weighted by Gasteiger charge is 2.35. The molecule has 2 aliphatic rings. The topological polar surface area (TPSA) is 75.2 Å². The van der Waals surface area contributed by atoms with E-state index in [9.17, 15) is 8.42 Å². The van der Waals surface area contributed by atoms with E-state index in [2.05, 4.69) is 4.98 Å². The molecule has 0 aliphatic carbocycles. The lowest BCUT2D eigenvalue weighted by atomic mass is 10.2. The quantitative estimate of drug-likeness (QED) is 0.762. The number of nitrogens with zero attached hydrogens (tertiary/aromatic N) is 4. The minimum Gasteiger partial charge on any atom is -0.379 e. The number of pyridine rings is 1. The first kappa shape index (κ1) is 17.6. The molecule has 1 aromatic rings. The van der Waals surface area contributed by atoms with E-state index in [-0.39, 0.29) is 12.6 Å². The van der Waals surface area contributed by atoms with Crippen LogP contribution in [-0.4, -0.2) is 82.1 Å². The van der Waals surface area contributed by atoms with Crippen LogP contribution in [0.15, 0.2) is 18.2 Å². The summed E-state index contributed by atoms with van der Waals surface area (Å²) in [6.07, 6.45) is -0.352. The van der Waals surface area contributed by atoms with Crippen LogP contribution in [0.5, 0.6) is 0 Å². The largest absolute Gasteiger partial charge is 0.379 e. The molecule has 8 nitrogen and oxygen atoms in total. The molecule has 0 aromatic carbocycles. The van der Waals surface area contributed by atoms with Gasteiger partial charge in [0.25, 0.3) is 10.2 Å². The van der Waals surface area contributed by atoms with Crippen LogP contribution in [0.3, 0.4) is 0 Å². The van der Waals surface area contributed by atoms with Crippen molar-refractivity contribution in [3.8, 4) is 0 Å². The Kier molecular flexibility index (Phi) is 5.36. The summed E-state index contributed by atoms with van der Waals surface area (Å²) in [7, 11) is 0.355. The molecule has 0 spiro atoms. The second kappa shape index (κ2) is 7.32. The Morgan fingerprint density at radius 1 is 1.12 bits per heavy atom. The smallest absolute Gasteiger partial charge is 0.282 e. The first-order valence-electron chi connectivity index (χ1n) is 8.07. The summed E-state index contributed by atoms with van der Waals surface area (Å²) in [5, 5.41) is 0. The van der Waals surface area contributed by atoms with Crippen molar-refractivity contribution in [1.82, 2.24) is 13.6 Å². The molecule has 1 aromatic heterocycles. The van der Waals surface area contributed by atoms with Gasteiger partial charge in [-0.3, -0.25) is 0 Å². The summed E-state index contributed by atoms with van der Waals surface area (Å²) in [5.41, 5.74) is 0.753. The van der Waals surface area contributed by atoms with Crippen LogP contribution < -0.4 is 4.90 Å². The number of rotatable bonds is 4. The standard InChI is InChI=1S/C15H24N4O4S/c1-17(2)15-5-3-4-13(16-15)14-12-19(8-11-23-14)24(20,21)18-6-9-22-10-7-18/h3-5,14H,6-12H2,1-2H3/t14-/m0/s1. The third-order valence-electron chi connectivity index (χ3n) is 4.20. The zero-order valence-electron chi connectivity index (χ0n) is 14.1. The molecule has 0 amide bonds. The van der Waals surface area contributed by atoms with Gasteiger partial charge in [0.05, 0.1) is 25.5 Å². The molecule has 0 N–H and O–H groups in total. The second-order valence-electron chi connectivity index (χ2n) is 6.05. The van der Waals surface area contributed by atoms with Gasteiger partial charge in [-0.15, -0.1) is 0 Å². The molecule has 24 heavy (non-hydrogen) atoms. The van der Waals surface area contributed by atoms with Crippen molar-refractivity contribution in [1.29, 1.82) is 0 Å². The molecular formula is C15H24N4O4S. The fourth-order valence-electron chi connectivity index (χ4n) is 2.82. The Bertz CT molecular complexity index is 661. The highest BCUT2D eigenvalue weighted by Crippen LogP contribution is 2.25. The van der Waals surface area contributed by atoms with Crippen molar-refractivity contribution >= 4 is 16.0 Å². The van der Waals surface area contributed by atoms with Crippen LogP contribution in [0.1, 0.15) is 11.8 Å². The van der Waals surface area contributed by atoms with Gasteiger partial charge in [-0.2, -0.15) is 17.0 Å². The number of aromatic nitrogens is 1. The normalized spacial score (nSPS) is 24.0. The van der Waals surface area contributed by atoms with Crippen LogP contribution in [0.4, 0.5) is 5.82 Å². The highest BCUT2D eigenvalue weighted by molar-refractivity contribution is 7.86. The van der Waals surface area contributed by atoms with Crippen LogP contribution in [-0.2, 0) is 19.7 Å². The SMILES string of the molecule is CN(C)c1cccc([C@@H]2CN(S(=O)(=O)N3CCOCC3)CCO2)n1. The number of ether oxygens (including phenoxy) is 2. The third kappa shape index (κ3) is 3.70. The molecule has 0 bridgehead atoms. The van der Waals surface area contributed by atoms with Crippen molar-refractivity contribution in [2.75, 3.05) is 65.0 Å². The van der Waals surface area contributed by atoms with E-state index in [0.717, 1.165) is 11.5 Å². The first-order valence-corrected chi connectivity index (χ1v) is 9.47. The van der Waals surface area contributed by atoms with Gasteiger partial charge in [-0.05, 0) is 12.1 Å². The third-order valence-corrected chi connectivity index (χ3v) is 6.20. The van der Waals surface area contributed by atoms with E-state index in [0.29, 0.717) is 39.5 Å². The Morgan fingerprint density at radius 2 is 1.83 bits per heavy atom. The van der Waals surface area contributed by atoms with Gasteiger partial charge in [-0.25, -0.2) is 4.98 Å². The molecule has 2 fully saturated rings. The first-order chi connectivity index (χ1) is 11.5. The molecule has 2 aliphatic heterocycles. The van der Waals surface area contributed by atoms with E-state index < -0.39 is 10.2 Å². The monoisotopic (exact) mass is 356 g/mol. The fourth-order valence-corrected chi connectivity index (χ4v) is 4.39. The van der Waals surface area contributed by atoms with Gasteiger partial charge in [-0.1, -0.05) is 6.07 Å². The van der Waals surface area contributed by atoms with E-state index in [1.165, 1.54) is 8.61 Å². The van der Waals surface area contributed by atoms with E-state index in [1.54, 1.807) is 0 Å². The van der Waals surface area contributed by atoms with Crippen molar-refractivity contribution in [3.05, 3.63) is 23.9 Å². The van der Waals surface area contributed by atoms with Crippen molar-refractivity contribution in [2.45, 2.75) is 6.10 Å². The predicted molar refractivity (Wildman–Crippen MR) is 90.1 cm³/mol. The molecule has 3 rings (SSSR count). The summed E-state index contributed by atoms with van der Waals surface area (Å²) >= 11 is 0. The number of hydrogen-bond donors (Lipinski definition) is 0. The van der Waals surface area contributed by atoms with Crippen LogP contribution in [0.2, 0.25) is 0 Å². The summed E-state index contributed by atoms with van der Waals surface area (Å²) < 4.78 is 39.6. The second-order valence-corrected chi connectivity index (χ2v) is 7.98. The maximum Gasteiger partial charge on any atom is 0.282 e. The van der Waals surface area contributed by atoms with E-state index in [4.69, 9.17) is 9.47 Å². The molecule has 0 unspecified atom stereocenters. The minimum absolute atomic E-state index is 0.281. The Morgan fingerprint density at radius 3 is 2.54 bits per heavy atom. The molecule has 0 radical (unpaired) electrons. The van der Waals surface area contributed by atoms with Gasteiger partial charge in [0.2, 0.25) is 0 Å². The van der Waals surface area contributed by atoms with Crippen LogP contribution in [0.25, 0.3) is 0 Å². The van der Waals surface area contributed by atoms with Gasteiger partial charge in [0, 0.05) is 40.3 Å². The number of hydrogen-bond acceptors (Lipinski definition) is 6. The lowest BCUT2D eigenvalue weighted by Crippen LogP contribution is -2.52. The summed E-state index contributed by atoms with van der Waals surface area (Å²) in [6.45, 7) is 2.70. The maximum absolute atomic E-state index is 12.8. The number of morpholine rings is 2. The Hall–Kier alpha value is -1.26. The Labute approximate surface area is 143 Å². The summed E-state index contributed by atoms with van der Waals surface area (Å²) in [6, 6.07) is 5.70. The lowest BCUT2D eigenvalue weighted by Gasteiger charge is -2.36. The van der Waals surface area contributed by atoms with Gasteiger partial charge in [0.1, 0.15) is 11.9 Å². The molecule has 3 heterocycles. The molecule has 9 heteroatoms. The molecular weight excluding hydrogens is 332 g/mol. The molecule has 1 atom stereocenters. The van der Waals surface area contributed by atoms with E-state index in [1.807, 2.05) is 37.2 Å². The van der Waals surface area contributed by atoms with Crippen molar-refractivity contribution < 1.29 is 17.9 Å². The highest BCUT2D eigenvalue weighted by atomic mass is 32.2.